The normalized spacial score (nSPS) is 18.3. The lowest BCUT2D eigenvalue weighted by Gasteiger charge is -2.37. The molecule has 1 fully saturated rings. The van der Waals surface area contributed by atoms with Crippen LogP contribution in [0.2, 0.25) is 0 Å². The summed E-state index contributed by atoms with van der Waals surface area (Å²) in [5.41, 5.74) is 0.777. The number of esters is 1. The number of aliphatic carboxylic acids is 1. The number of benzene rings is 1. The van der Waals surface area contributed by atoms with Crippen molar-refractivity contribution in [2.45, 2.75) is 104 Å². The van der Waals surface area contributed by atoms with E-state index < -0.39 is 35.9 Å². The molecule has 0 aliphatic carbocycles. The van der Waals surface area contributed by atoms with Crippen LogP contribution in [0.3, 0.4) is 0 Å². The largest absolute Gasteiger partial charge is 0.480 e. The van der Waals surface area contributed by atoms with Crippen molar-refractivity contribution < 1.29 is 33.8 Å². The smallest absolute Gasteiger partial charge is 0.326 e. The van der Waals surface area contributed by atoms with Gasteiger partial charge in [-0.1, -0.05) is 70.9 Å². The molecule has 1 aromatic carbocycles. The molecule has 12 heteroatoms. The van der Waals surface area contributed by atoms with Crippen LogP contribution in [0.1, 0.15) is 100 Å². The molecule has 1 aromatic heterocycles. The summed E-state index contributed by atoms with van der Waals surface area (Å²) in [5.74, 6) is -2.90. The lowest BCUT2D eigenvalue weighted by atomic mass is 9.83. The van der Waals surface area contributed by atoms with Crippen molar-refractivity contribution in [3.05, 3.63) is 52.0 Å². The van der Waals surface area contributed by atoms with E-state index in [2.05, 4.69) is 15.2 Å². The van der Waals surface area contributed by atoms with Gasteiger partial charge >= 0.3 is 11.9 Å². The maximum Gasteiger partial charge on any atom is 0.326 e. The van der Waals surface area contributed by atoms with Gasteiger partial charge in [-0.2, -0.15) is 0 Å². The predicted octanol–water partition coefficient (Wildman–Crippen LogP) is 5.15. The molecule has 3 rings (SSSR count). The SMILES string of the molecule is CC[C@H](C)C(CC(=O)C1CCCCN1C)C(=O)N(C)[C@H](C[C@@H](OC(C)=O)c1nc(C(=O)N[C@@H](Cc2ccccc2)C(=O)O)cs1)C(C)C. The molecule has 1 aliphatic rings. The molecule has 0 saturated carbocycles. The van der Waals surface area contributed by atoms with E-state index in [0.717, 1.165) is 49.1 Å². The molecule has 2 aromatic rings. The number of amides is 2. The average Bonchev–Trinajstić information content (AvgIpc) is 3.55. The maximum atomic E-state index is 14.2. The van der Waals surface area contributed by atoms with Gasteiger partial charge in [-0.25, -0.2) is 9.78 Å². The van der Waals surface area contributed by atoms with Crippen molar-refractivity contribution in [2.75, 3.05) is 20.6 Å². The van der Waals surface area contributed by atoms with E-state index in [-0.39, 0.29) is 60.6 Å². The standard InChI is InChI=1S/C36H52N4O7S/c1-8-23(4)26(19-31(42)29-16-12-13-17-39(29)6)35(44)40(7)30(22(2)3)20-32(47-24(5)41)34-38-28(21-48-34)33(43)37-27(36(45)46)18-25-14-10-9-11-15-25/h9-11,14-15,21-23,26-27,29-30,32H,8,12-13,16-20H2,1-7H3,(H,37,43)(H,45,46)/t23-,26?,27-,29?,30+,32+/m0/s1. The number of nitrogens with one attached hydrogen (secondary N) is 1. The zero-order chi connectivity index (χ0) is 35.5. The highest BCUT2D eigenvalue weighted by atomic mass is 32.1. The Balaban J connectivity index is 1.79. The van der Waals surface area contributed by atoms with Gasteiger partial charge in [-0.15, -0.1) is 11.3 Å². The minimum Gasteiger partial charge on any atom is -0.480 e. The number of Topliss-reactive ketones (excluding diaryl/α,β-unsaturated/α-hetero) is 1. The summed E-state index contributed by atoms with van der Waals surface area (Å²) >= 11 is 1.13. The molecule has 2 N–H and O–H groups in total. The molecular formula is C36H52N4O7S. The Morgan fingerprint density at radius 1 is 1.12 bits per heavy atom. The minimum atomic E-state index is -1.17. The fourth-order valence-electron chi connectivity index (χ4n) is 6.39. The van der Waals surface area contributed by atoms with Crippen LogP contribution in [0.5, 0.6) is 0 Å². The third kappa shape index (κ3) is 10.7. The van der Waals surface area contributed by atoms with E-state index >= 15 is 0 Å². The summed E-state index contributed by atoms with van der Waals surface area (Å²) in [6.45, 7) is 10.2. The van der Waals surface area contributed by atoms with Crippen molar-refractivity contribution >= 4 is 40.9 Å². The number of piperidine rings is 1. The van der Waals surface area contributed by atoms with E-state index in [1.165, 1.54) is 12.3 Å². The Morgan fingerprint density at radius 3 is 2.40 bits per heavy atom. The van der Waals surface area contributed by atoms with Gasteiger partial charge in [0, 0.05) is 50.6 Å². The lowest BCUT2D eigenvalue weighted by molar-refractivity contribution is -0.149. The number of carbonyl (C=O) groups excluding carboxylic acids is 4. The zero-order valence-corrected chi connectivity index (χ0v) is 30.1. The number of carbonyl (C=O) groups is 5. The number of likely N-dealkylation sites (N-methyl/N-ethyl adjacent to an activating group) is 1. The predicted molar refractivity (Wildman–Crippen MR) is 185 cm³/mol. The minimum absolute atomic E-state index is 0.00794. The third-order valence-corrected chi connectivity index (χ3v) is 10.4. The molecule has 2 amide bonds. The lowest BCUT2D eigenvalue weighted by Crippen LogP contribution is -2.48. The van der Waals surface area contributed by atoms with Gasteiger partial charge < -0.3 is 20.1 Å². The van der Waals surface area contributed by atoms with E-state index in [1.54, 1.807) is 36.2 Å². The monoisotopic (exact) mass is 684 g/mol. The van der Waals surface area contributed by atoms with Gasteiger partial charge in [0.2, 0.25) is 5.91 Å². The fourth-order valence-corrected chi connectivity index (χ4v) is 7.23. The Hall–Kier alpha value is -3.64. The molecule has 6 atom stereocenters. The van der Waals surface area contributed by atoms with Crippen molar-refractivity contribution in [2.24, 2.45) is 17.8 Å². The first-order valence-electron chi connectivity index (χ1n) is 16.9. The first kappa shape index (κ1) is 38.8. The van der Waals surface area contributed by atoms with Gasteiger partial charge in [0.15, 0.2) is 11.9 Å². The molecule has 48 heavy (non-hydrogen) atoms. The number of nitrogens with zero attached hydrogens (tertiary/aromatic N) is 3. The Labute approximate surface area is 288 Å². The zero-order valence-electron chi connectivity index (χ0n) is 29.3. The molecule has 1 aliphatic heterocycles. The van der Waals surface area contributed by atoms with Crippen LogP contribution in [0.15, 0.2) is 35.7 Å². The van der Waals surface area contributed by atoms with Crippen LogP contribution >= 0.6 is 11.3 Å². The van der Waals surface area contributed by atoms with Crippen LogP contribution in [-0.2, 0) is 30.3 Å². The molecule has 11 nitrogen and oxygen atoms in total. The number of ketones is 1. The number of likely N-dealkylation sites (tertiary alicyclic amines) is 1. The summed E-state index contributed by atoms with van der Waals surface area (Å²) in [4.78, 5) is 73.1. The second-order valence-electron chi connectivity index (χ2n) is 13.4. The number of hydrogen-bond donors (Lipinski definition) is 2. The summed E-state index contributed by atoms with van der Waals surface area (Å²) < 4.78 is 5.71. The molecular weight excluding hydrogens is 632 g/mol. The average molecular weight is 685 g/mol. The highest BCUT2D eigenvalue weighted by molar-refractivity contribution is 7.09. The van der Waals surface area contributed by atoms with Crippen LogP contribution in [0, 0.1) is 17.8 Å². The molecule has 0 radical (unpaired) electrons. The Kier molecular flexibility index (Phi) is 14.7. The highest BCUT2D eigenvalue weighted by Gasteiger charge is 2.37. The van der Waals surface area contributed by atoms with Gasteiger partial charge in [-0.3, -0.25) is 24.1 Å². The van der Waals surface area contributed by atoms with Crippen molar-refractivity contribution in [1.82, 2.24) is 20.1 Å². The van der Waals surface area contributed by atoms with Crippen molar-refractivity contribution in [3.8, 4) is 0 Å². The van der Waals surface area contributed by atoms with E-state index in [1.807, 2.05) is 40.8 Å². The first-order chi connectivity index (χ1) is 22.7. The molecule has 0 spiro atoms. The Bertz CT molecular complexity index is 1400. The maximum absolute atomic E-state index is 14.2. The van der Waals surface area contributed by atoms with Crippen LogP contribution in [-0.4, -0.2) is 88.2 Å². The summed E-state index contributed by atoms with van der Waals surface area (Å²) in [5, 5.41) is 14.2. The van der Waals surface area contributed by atoms with Crippen LogP contribution < -0.4 is 5.32 Å². The number of hydrogen-bond acceptors (Lipinski definition) is 9. The molecule has 2 heterocycles. The topological polar surface area (TPSA) is 146 Å². The van der Waals surface area contributed by atoms with Crippen LogP contribution in [0.25, 0.3) is 0 Å². The summed E-state index contributed by atoms with van der Waals surface area (Å²) in [7, 11) is 3.71. The molecule has 264 valence electrons. The number of rotatable bonds is 17. The van der Waals surface area contributed by atoms with E-state index in [0.29, 0.717) is 5.01 Å². The van der Waals surface area contributed by atoms with Gasteiger partial charge in [-0.05, 0) is 43.8 Å². The van der Waals surface area contributed by atoms with Gasteiger partial charge in [0.25, 0.3) is 5.91 Å². The first-order valence-corrected chi connectivity index (χ1v) is 17.8. The summed E-state index contributed by atoms with van der Waals surface area (Å²) in [6.07, 6.45) is 3.29. The summed E-state index contributed by atoms with van der Waals surface area (Å²) in [6, 6.07) is 7.30. The van der Waals surface area contributed by atoms with Gasteiger partial charge in [0.05, 0.1) is 6.04 Å². The van der Waals surface area contributed by atoms with Crippen molar-refractivity contribution in [1.29, 1.82) is 0 Å². The highest BCUT2D eigenvalue weighted by Crippen LogP contribution is 2.33. The molecule has 0 bridgehead atoms. The number of aromatic nitrogens is 1. The molecule has 2 unspecified atom stereocenters. The van der Waals surface area contributed by atoms with Crippen molar-refractivity contribution in [3.63, 3.8) is 0 Å². The second kappa shape index (κ2) is 18.2. The molecule has 1 saturated heterocycles. The van der Waals surface area contributed by atoms with E-state index in [4.69, 9.17) is 4.74 Å². The second-order valence-corrected chi connectivity index (χ2v) is 14.3. The van der Waals surface area contributed by atoms with E-state index in [9.17, 15) is 29.1 Å². The van der Waals surface area contributed by atoms with Crippen LogP contribution in [0.4, 0.5) is 0 Å². The quantitative estimate of drug-likeness (QED) is 0.216. The third-order valence-electron chi connectivity index (χ3n) is 9.51. The number of carboxylic acids is 1. The fraction of sp³-hybridized carbons (Fsp3) is 0.611. The number of carboxylic acid groups (broad SMARTS) is 1. The Morgan fingerprint density at radius 2 is 1.81 bits per heavy atom. The number of thiazole rings is 1. The number of ether oxygens (including phenoxy) is 1. The van der Waals surface area contributed by atoms with Gasteiger partial charge in [0.1, 0.15) is 16.7 Å².